The molecule has 2 atom stereocenters. The summed E-state index contributed by atoms with van der Waals surface area (Å²) in [7, 11) is 0. The highest BCUT2D eigenvalue weighted by Crippen LogP contribution is 2.25. The number of hydrogen-bond acceptors (Lipinski definition) is 2. The molecule has 1 heterocycles. The van der Waals surface area contributed by atoms with Crippen molar-refractivity contribution in [3.8, 4) is 0 Å². The minimum absolute atomic E-state index is 0.0494. The van der Waals surface area contributed by atoms with Gasteiger partial charge in [0.1, 0.15) is 0 Å². The number of anilines is 1. The minimum Gasteiger partial charge on any atom is -0.326 e. The molecule has 1 aliphatic rings. The van der Waals surface area contributed by atoms with E-state index in [1.54, 1.807) is 0 Å². The lowest BCUT2D eigenvalue weighted by Crippen LogP contribution is -2.28. The Bertz CT molecular complexity index is 433. The Morgan fingerprint density at radius 2 is 2.24 bits per heavy atom. The van der Waals surface area contributed by atoms with Crippen LogP contribution in [-0.2, 0) is 4.79 Å². The highest BCUT2D eigenvalue weighted by Gasteiger charge is 2.29. The third kappa shape index (κ3) is 2.61. The first kappa shape index (κ1) is 12.4. The summed E-state index contributed by atoms with van der Waals surface area (Å²) in [6, 6.07) is 5.56. The molecule has 0 aliphatic carbocycles. The van der Waals surface area contributed by atoms with Gasteiger partial charge in [-0.15, -0.1) is 0 Å². The van der Waals surface area contributed by atoms with Crippen LogP contribution in [0, 0.1) is 18.8 Å². The van der Waals surface area contributed by atoms with Crippen LogP contribution in [0.1, 0.15) is 12.5 Å². The second-order valence-electron chi connectivity index (χ2n) is 4.64. The van der Waals surface area contributed by atoms with E-state index in [9.17, 15) is 4.79 Å². The van der Waals surface area contributed by atoms with Crippen LogP contribution >= 0.6 is 11.6 Å². The van der Waals surface area contributed by atoms with Gasteiger partial charge >= 0.3 is 0 Å². The number of nitrogens with one attached hydrogen (secondary N) is 2. The first-order valence-electron chi connectivity index (χ1n) is 5.86. The van der Waals surface area contributed by atoms with E-state index < -0.39 is 0 Å². The molecule has 92 valence electrons. The van der Waals surface area contributed by atoms with E-state index >= 15 is 0 Å². The van der Waals surface area contributed by atoms with Crippen LogP contribution < -0.4 is 10.6 Å². The quantitative estimate of drug-likeness (QED) is 0.849. The van der Waals surface area contributed by atoms with Gasteiger partial charge in [0.15, 0.2) is 0 Å². The molecule has 3 nitrogen and oxygen atoms in total. The van der Waals surface area contributed by atoms with Gasteiger partial charge in [0.2, 0.25) is 5.91 Å². The summed E-state index contributed by atoms with van der Waals surface area (Å²) < 4.78 is 0. The molecule has 0 bridgehead atoms. The van der Waals surface area contributed by atoms with Crippen molar-refractivity contribution in [1.82, 2.24) is 5.32 Å². The van der Waals surface area contributed by atoms with Gasteiger partial charge in [-0.25, -0.2) is 0 Å². The van der Waals surface area contributed by atoms with Crippen LogP contribution in [0.5, 0.6) is 0 Å². The van der Waals surface area contributed by atoms with Gasteiger partial charge in [-0.1, -0.05) is 24.6 Å². The minimum atomic E-state index is 0.0494. The third-order valence-electron chi connectivity index (χ3n) is 3.38. The van der Waals surface area contributed by atoms with Crippen molar-refractivity contribution in [3.63, 3.8) is 0 Å². The van der Waals surface area contributed by atoms with Crippen LogP contribution in [0.25, 0.3) is 0 Å². The monoisotopic (exact) mass is 252 g/mol. The van der Waals surface area contributed by atoms with E-state index in [1.165, 1.54) is 0 Å². The van der Waals surface area contributed by atoms with E-state index in [-0.39, 0.29) is 11.8 Å². The SMILES string of the molecule is Cc1c(Cl)cccc1NC(=O)C1CNCC1C. The van der Waals surface area contributed by atoms with Crippen molar-refractivity contribution in [1.29, 1.82) is 0 Å². The van der Waals surface area contributed by atoms with E-state index in [0.717, 1.165) is 24.3 Å². The van der Waals surface area contributed by atoms with Crippen molar-refractivity contribution < 1.29 is 4.79 Å². The van der Waals surface area contributed by atoms with Crippen LogP contribution in [0.2, 0.25) is 5.02 Å². The smallest absolute Gasteiger partial charge is 0.229 e. The number of carbonyl (C=O) groups excluding carboxylic acids is 1. The van der Waals surface area contributed by atoms with Gasteiger partial charge in [-0.05, 0) is 37.1 Å². The molecule has 1 fully saturated rings. The zero-order valence-electron chi connectivity index (χ0n) is 10.1. The molecule has 1 saturated heterocycles. The zero-order valence-corrected chi connectivity index (χ0v) is 10.8. The molecule has 2 N–H and O–H groups in total. The standard InChI is InChI=1S/C13H17ClN2O/c1-8-6-15-7-10(8)13(17)16-12-5-3-4-11(14)9(12)2/h3-5,8,10,15H,6-7H2,1-2H3,(H,16,17). The second kappa shape index (κ2) is 5.07. The molecule has 17 heavy (non-hydrogen) atoms. The van der Waals surface area contributed by atoms with Crippen molar-refractivity contribution in [2.45, 2.75) is 13.8 Å². The summed E-state index contributed by atoms with van der Waals surface area (Å²) >= 11 is 6.02. The van der Waals surface area contributed by atoms with Gasteiger partial charge < -0.3 is 10.6 Å². The molecule has 4 heteroatoms. The predicted molar refractivity (Wildman–Crippen MR) is 70.3 cm³/mol. The highest BCUT2D eigenvalue weighted by atomic mass is 35.5. The van der Waals surface area contributed by atoms with Gasteiger partial charge in [0, 0.05) is 17.3 Å². The van der Waals surface area contributed by atoms with Crippen molar-refractivity contribution in [2.75, 3.05) is 18.4 Å². The lowest BCUT2D eigenvalue weighted by molar-refractivity contribution is -0.120. The summed E-state index contributed by atoms with van der Waals surface area (Å²) in [4.78, 5) is 12.1. The summed E-state index contributed by atoms with van der Waals surface area (Å²) in [6.45, 7) is 5.67. The van der Waals surface area contributed by atoms with Gasteiger partial charge in [-0.3, -0.25) is 4.79 Å². The Morgan fingerprint density at radius 1 is 1.47 bits per heavy atom. The fourth-order valence-corrected chi connectivity index (χ4v) is 2.30. The Hall–Kier alpha value is -1.06. The van der Waals surface area contributed by atoms with Crippen molar-refractivity contribution in [3.05, 3.63) is 28.8 Å². The average Bonchev–Trinajstić information content (AvgIpc) is 2.71. The normalized spacial score (nSPS) is 23.7. The highest BCUT2D eigenvalue weighted by molar-refractivity contribution is 6.31. The third-order valence-corrected chi connectivity index (χ3v) is 3.79. The maximum absolute atomic E-state index is 12.1. The molecule has 2 unspecified atom stereocenters. The van der Waals surface area contributed by atoms with Gasteiger partial charge in [-0.2, -0.15) is 0 Å². The zero-order chi connectivity index (χ0) is 12.4. The largest absolute Gasteiger partial charge is 0.326 e. The fourth-order valence-electron chi connectivity index (χ4n) is 2.13. The predicted octanol–water partition coefficient (Wildman–Crippen LogP) is 2.44. The molecule has 0 aromatic heterocycles. The Balaban J connectivity index is 2.10. The van der Waals surface area contributed by atoms with Crippen LogP contribution in [-0.4, -0.2) is 19.0 Å². The number of rotatable bonds is 2. The average molecular weight is 253 g/mol. The summed E-state index contributed by atoms with van der Waals surface area (Å²) in [5.41, 5.74) is 1.72. The molecule has 0 radical (unpaired) electrons. The van der Waals surface area contributed by atoms with E-state index in [4.69, 9.17) is 11.6 Å². The summed E-state index contributed by atoms with van der Waals surface area (Å²) in [5, 5.41) is 6.87. The Kier molecular flexibility index (Phi) is 3.69. The maximum atomic E-state index is 12.1. The summed E-state index contributed by atoms with van der Waals surface area (Å²) in [6.07, 6.45) is 0. The van der Waals surface area contributed by atoms with Crippen LogP contribution in [0.4, 0.5) is 5.69 Å². The lowest BCUT2D eigenvalue weighted by atomic mass is 9.97. The molecule has 0 saturated carbocycles. The fraction of sp³-hybridized carbons (Fsp3) is 0.462. The number of hydrogen-bond donors (Lipinski definition) is 2. The molecule has 1 aromatic carbocycles. The van der Waals surface area contributed by atoms with Crippen LogP contribution in [0.15, 0.2) is 18.2 Å². The molecule has 1 aliphatic heterocycles. The first-order chi connectivity index (χ1) is 8.09. The van der Waals surface area contributed by atoms with Crippen molar-refractivity contribution in [2.24, 2.45) is 11.8 Å². The number of halogens is 1. The van der Waals surface area contributed by atoms with Gasteiger partial charge in [0.05, 0.1) is 5.92 Å². The van der Waals surface area contributed by atoms with Crippen LogP contribution in [0.3, 0.4) is 0 Å². The second-order valence-corrected chi connectivity index (χ2v) is 5.05. The van der Waals surface area contributed by atoms with E-state index in [0.29, 0.717) is 10.9 Å². The number of benzene rings is 1. The lowest BCUT2D eigenvalue weighted by Gasteiger charge is -2.15. The molecule has 1 amide bonds. The topological polar surface area (TPSA) is 41.1 Å². The van der Waals surface area contributed by atoms with E-state index in [2.05, 4.69) is 17.6 Å². The van der Waals surface area contributed by atoms with Gasteiger partial charge in [0.25, 0.3) is 0 Å². The Morgan fingerprint density at radius 3 is 2.88 bits per heavy atom. The molecule has 0 spiro atoms. The summed E-state index contributed by atoms with van der Waals surface area (Å²) in [5.74, 6) is 0.510. The Labute approximate surface area is 107 Å². The van der Waals surface area contributed by atoms with Crippen molar-refractivity contribution >= 4 is 23.2 Å². The van der Waals surface area contributed by atoms with E-state index in [1.807, 2.05) is 25.1 Å². The molecule has 2 rings (SSSR count). The molecular formula is C13H17ClN2O. The first-order valence-corrected chi connectivity index (χ1v) is 6.24. The maximum Gasteiger partial charge on any atom is 0.229 e. The molecular weight excluding hydrogens is 236 g/mol. The molecule has 1 aromatic rings. The number of carbonyl (C=O) groups is 1. The number of amides is 1.